The highest BCUT2D eigenvalue weighted by Gasteiger charge is 2.26. The van der Waals surface area contributed by atoms with E-state index in [4.69, 9.17) is 4.42 Å². The molecule has 10 heteroatoms. The number of carbonyl (C=O) groups excluding carboxylic acids is 2. The SMILES string of the molecule is CNC(=O)NC(=O)[C@H](C)Sc1nnc(N2CCC[C@H](C)C2)n1Cc1ccco1. The van der Waals surface area contributed by atoms with Crippen LogP contribution in [0.1, 0.15) is 32.4 Å². The minimum atomic E-state index is -0.530. The molecule has 2 aromatic rings. The highest BCUT2D eigenvalue weighted by molar-refractivity contribution is 8.00. The molecule has 0 bridgehead atoms. The molecule has 1 aliphatic rings. The normalized spacial score (nSPS) is 18.0. The van der Waals surface area contributed by atoms with Gasteiger partial charge in [-0.15, -0.1) is 10.2 Å². The lowest BCUT2D eigenvalue weighted by Crippen LogP contribution is -2.41. The van der Waals surface area contributed by atoms with Crippen molar-refractivity contribution in [3.63, 3.8) is 0 Å². The number of nitrogens with zero attached hydrogens (tertiary/aromatic N) is 4. The molecule has 9 nitrogen and oxygen atoms in total. The van der Waals surface area contributed by atoms with Gasteiger partial charge in [0.2, 0.25) is 11.9 Å². The monoisotopic (exact) mass is 406 g/mol. The molecular formula is C18H26N6O3S. The third-order valence-electron chi connectivity index (χ3n) is 4.65. The zero-order chi connectivity index (χ0) is 20.1. The fourth-order valence-electron chi connectivity index (χ4n) is 3.16. The van der Waals surface area contributed by atoms with Crippen LogP contribution in [0.25, 0.3) is 0 Å². The van der Waals surface area contributed by atoms with Crippen LogP contribution in [-0.2, 0) is 11.3 Å². The lowest BCUT2D eigenvalue weighted by molar-refractivity contribution is -0.119. The van der Waals surface area contributed by atoms with Gasteiger partial charge in [-0.05, 0) is 37.8 Å². The number of urea groups is 1. The number of hydrogen-bond acceptors (Lipinski definition) is 7. The largest absolute Gasteiger partial charge is 0.467 e. The van der Waals surface area contributed by atoms with Crippen LogP contribution in [0, 0.1) is 5.92 Å². The van der Waals surface area contributed by atoms with E-state index in [1.807, 2.05) is 16.7 Å². The van der Waals surface area contributed by atoms with Crippen LogP contribution in [0.15, 0.2) is 28.0 Å². The molecule has 3 heterocycles. The van der Waals surface area contributed by atoms with Crippen molar-refractivity contribution in [2.45, 2.75) is 43.6 Å². The lowest BCUT2D eigenvalue weighted by atomic mass is 10.0. The molecule has 0 spiro atoms. The minimum absolute atomic E-state index is 0.384. The molecule has 3 rings (SSSR count). The van der Waals surface area contributed by atoms with Gasteiger partial charge in [0, 0.05) is 20.1 Å². The fourth-order valence-corrected chi connectivity index (χ4v) is 4.00. The number of piperidine rings is 1. The minimum Gasteiger partial charge on any atom is -0.467 e. The Kier molecular flexibility index (Phi) is 6.61. The molecule has 1 fully saturated rings. The van der Waals surface area contributed by atoms with E-state index in [0.717, 1.165) is 31.2 Å². The first-order chi connectivity index (χ1) is 13.5. The first-order valence-corrected chi connectivity index (χ1v) is 10.3. The molecule has 0 aliphatic carbocycles. The summed E-state index contributed by atoms with van der Waals surface area (Å²) in [6.45, 7) is 6.30. The third-order valence-corrected chi connectivity index (χ3v) is 5.73. The van der Waals surface area contributed by atoms with E-state index < -0.39 is 11.3 Å². The second-order valence-corrected chi connectivity index (χ2v) is 8.28. The smallest absolute Gasteiger partial charge is 0.321 e. The predicted octanol–water partition coefficient (Wildman–Crippen LogP) is 2.09. The summed E-state index contributed by atoms with van der Waals surface area (Å²) < 4.78 is 7.49. The number of amides is 3. The Labute approximate surface area is 168 Å². The maximum absolute atomic E-state index is 12.2. The molecule has 2 N–H and O–H groups in total. The third kappa shape index (κ3) is 4.86. The van der Waals surface area contributed by atoms with Gasteiger partial charge in [-0.2, -0.15) is 0 Å². The van der Waals surface area contributed by atoms with Crippen molar-refractivity contribution >= 4 is 29.6 Å². The maximum atomic E-state index is 12.2. The van der Waals surface area contributed by atoms with Gasteiger partial charge in [0.1, 0.15) is 5.76 Å². The Morgan fingerprint density at radius 2 is 2.25 bits per heavy atom. The second kappa shape index (κ2) is 9.13. The van der Waals surface area contributed by atoms with E-state index in [-0.39, 0.29) is 5.91 Å². The average molecular weight is 407 g/mol. The molecule has 152 valence electrons. The molecule has 0 saturated carbocycles. The van der Waals surface area contributed by atoms with Crippen molar-refractivity contribution in [3.8, 4) is 0 Å². The quantitative estimate of drug-likeness (QED) is 0.708. The number of anilines is 1. The van der Waals surface area contributed by atoms with Crippen LogP contribution in [0.4, 0.5) is 10.7 Å². The van der Waals surface area contributed by atoms with E-state index in [1.54, 1.807) is 13.2 Å². The molecule has 0 radical (unpaired) electrons. The Bertz CT molecular complexity index is 806. The summed E-state index contributed by atoms with van der Waals surface area (Å²) in [4.78, 5) is 25.9. The molecule has 28 heavy (non-hydrogen) atoms. The molecule has 3 amide bonds. The first kappa shape index (κ1) is 20.2. The molecular weight excluding hydrogens is 380 g/mol. The zero-order valence-corrected chi connectivity index (χ0v) is 17.2. The van der Waals surface area contributed by atoms with Crippen LogP contribution in [0.2, 0.25) is 0 Å². The number of aromatic nitrogens is 3. The molecule has 2 atom stereocenters. The number of carbonyl (C=O) groups is 2. The second-order valence-electron chi connectivity index (χ2n) is 6.97. The zero-order valence-electron chi connectivity index (χ0n) is 16.3. The van der Waals surface area contributed by atoms with Crippen molar-refractivity contribution < 1.29 is 14.0 Å². The number of thioether (sulfide) groups is 1. The van der Waals surface area contributed by atoms with E-state index >= 15 is 0 Å². The van der Waals surface area contributed by atoms with Crippen LogP contribution >= 0.6 is 11.8 Å². The van der Waals surface area contributed by atoms with Crippen molar-refractivity contribution in [2.24, 2.45) is 5.92 Å². The first-order valence-electron chi connectivity index (χ1n) is 9.37. The summed E-state index contributed by atoms with van der Waals surface area (Å²) in [6.07, 6.45) is 3.96. The van der Waals surface area contributed by atoms with Gasteiger partial charge in [0.25, 0.3) is 0 Å². The number of rotatable bonds is 6. The van der Waals surface area contributed by atoms with Gasteiger partial charge in [0.15, 0.2) is 5.16 Å². The Hall–Kier alpha value is -2.49. The van der Waals surface area contributed by atoms with Gasteiger partial charge in [0.05, 0.1) is 18.1 Å². The van der Waals surface area contributed by atoms with Gasteiger partial charge in [-0.25, -0.2) is 4.79 Å². The highest BCUT2D eigenvalue weighted by Crippen LogP contribution is 2.29. The van der Waals surface area contributed by atoms with Crippen LogP contribution in [-0.4, -0.2) is 52.1 Å². The van der Waals surface area contributed by atoms with E-state index in [1.165, 1.54) is 25.2 Å². The summed E-state index contributed by atoms with van der Waals surface area (Å²) >= 11 is 1.27. The number of nitrogens with one attached hydrogen (secondary N) is 2. The van der Waals surface area contributed by atoms with E-state index in [2.05, 4.69) is 32.7 Å². The molecule has 1 saturated heterocycles. The summed E-state index contributed by atoms with van der Waals surface area (Å²) in [5.41, 5.74) is 0. The Morgan fingerprint density at radius 3 is 2.93 bits per heavy atom. The van der Waals surface area contributed by atoms with Crippen molar-refractivity contribution in [1.82, 2.24) is 25.4 Å². The summed E-state index contributed by atoms with van der Waals surface area (Å²) in [5.74, 6) is 1.78. The van der Waals surface area contributed by atoms with Gasteiger partial charge in [-0.3, -0.25) is 14.7 Å². The van der Waals surface area contributed by atoms with Gasteiger partial charge >= 0.3 is 6.03 Å². The summed E-state index contributed by atoms with van der Waals surface area (Å²) in [7, 11) is 1.46. The van der Waals surface area contributed by atoms with E-state index in [9.17, 15) is 9.59 Å². The fraction of sp³-hybridized carbons (Fsp3) is 0.556. The van der Waals surface area contributed by atoms with Crippen LogP contribution < -0.4 is 15.5 Å². The van der Waals surface area contributed by atoms with Crippen molar-refractivity contribution in [1.29, 1.82) is 0 Å². The highest BCUT2D eigenvalue weighted by atomic mass is 32.2. The van der Waals surface area contributed by atoms with Gasteiger partial charge in [-0.1, -0.05) is 18.7 Å². The van der Waals surface area contributed by atoms with Crippen LogP contribution in [0.5, 0.6) is 0 Å². The summed E-state index contributed by atoms with van der Waals surface area (Å²) in [6, 6.07) is 3.21. The predicted molar refractivity (Wildman–Crippen MR) is 106 cm³/mol. The molecule has 0 aromatic carbocycles. The molecule has 1 aliphatic heterocycles. The van der Waals surface area contributed by atoms with Crippen molar-refractivity contribution in [2.75, 3.05) is 25.0 Å². The van der Waals surface area contributed by atoms with Crippen LogP contribution in [0.3, 0.4) is 0 Å². The lowest BCUT2D eigenvalue weighted by Gasteiger charge is -2.31. The van der Waals surface area contributed by atoms with Crippen molar-refractivity contribution in [3.05, 3.63) is 24.2 Å². The number of furan rings is 1. The number of hydrogen-bond donors (Lipinski definition) is 2. The van der Waals surface area contributed by atoms with E-state index in [0.29, 0.717) is 17.6 Å². The molecule has 2 aromatic heterocycles. The standard InChI is InChI=1S/C18H26N6O3S/c1-12-6-4-8-23(10-12)17-21-22-18(24(17)11-14-7-5-9-27-14)28-13(2)15(25)20-16(26)19-3/h5,7,9,12-13H,4,6,8,10-11H2,1-3H3,(H2,19,20,25,26)/t12-,13-/m0/s1. The Morgan fingerprint density at radius 1 is 1.43 bits per heavy atom. The average Bonchev–Trinajstić information content (AvgIpc) is 3.32. The van der Waals surface area contributed by atoms with Gasteiger partial charge < -0.3 is 14.6 Å². The topological polar surface area (TPSA) is 105 Å². The number of imide groups is 1. The Balaban J connectivity index is 1.81. The molecule has 0 unspecified atom stereocenters. The summed E-state index contributed by atoms with van der Waals surface area (Å²) in [5, 5.41) is 13.5. The maximum Gasteiger partial charge on any atom is 0.321 e.